The Hall–Kier alpha value is -3.09. The van der Waals surface area contributed by atoms with Crippen LogP contribution in [-0.4, -0.2) is 28.9 Å². The third-order valence-corrected chi connectivity index (χ3v) is 7.99. The molecule has 0 unspecified atom stereocenters. The van der Waals surface area contributed by atoms with Gasteiger partial charge in [0, 0.05) is 17.3 Å². The first-order valence-corrected chi connectivity index (χ1v) is 11.6. The van der Waals surface area contributed by atoms with E-state index in [9.17, 15) is 4.79 Å². The molecular weight excluding hydrogens is 406 g/mol. The average molecular weight is 431 g/mol. The van der Waals surface area contributed by atoms with Crippen LogP contribution in [0.5, 0.6) is 11.5 Å². The van der Waals surface area contributed by atoms with Crippen LogP contribution in [0.1, 0.15) is 48.2 Å². The first-order chi connectivity index (χ1) is 15.6. The molecule has 2 aromatic heterocycles. The summed E-state index contributed by atoms with van der Waals surface area (Å²) in [6.45, 7) is 2.08. The molecule has 1 aromatic carbocycles. The highest BCUT2D eigenvalue weighted by atomic mass is 16.7. The number of carbonyl (C=O) groups excluding carboxylic acids is 1. The molecule has 3 aromatic rings. The lowest BCUT2D eigenvalue weighted by Gasteiger charge is -2.54. The number of nitrogens with zero attached hydrogens (tertiary/aromatic N) is 2. The number of fused-ring (bicyclic) bond motifs is 2. The summed E-state index contributed by atoms with van der Waals surface area (Å²) in [7, 11) is 0. The fourth-order valence-corrected chi connectivity index (χ4v) is 6.88. The summed E-state index contributed by atoms with van der Waals surface area (Å²) in [6.07, 6.45) is 6.45. The van der Waals surface area contributed by atoms with E-state index in [1.165, 1.54) is 32.1 Å². The standard InChI is InChI=1S/C25H25N3O4/c1-12-4-18(24(29)27-22-16-6-13-5-14(8-16)9-17(22)7-13)21-23(28-32-25(21)26-12)15-2-3-19-20(10-15)31-11-30-19/h2-4,10,13-14,16-17,22H,5-9,11H2,1H3,(H,27,29). The van der Waals surface area contributed by atoms with E-state index in [-0.39, 0.29) is 18.7 Å². The molecule has 0 spiro atoms. The van der Waals surface area contributed by atoms with E-state index in [1.54, 1.807) is 0 Å². The number of rotatable bonds is 3. The molecule has 8 rings (SSSR count). The van der Waals surface area contributed by atoms with Crippen LogP contribution in [0.4, 0.5) is 0 Å². The topological polar surface area (TPSA) is 86.5 Å². The molecule has 4 fully saturated rings. The van der Waals surface area contributed by atoms with Gasteiger partial charge >= 0.3 is 0 Å². The molecule has 0 saturated heterocycles. The molecule has 4 aliphatic carbocycles. The second-order valence-corrected chi connectivity index (χ2v) is 10.0. The fourth-order valence-electron chi connectivity index (χ4n) is 6.88. The van der Waals surface area contributed by atoms with Crippen molar-refractivity contribution in [3.05, 3.63) is 35.5 Å². The van der Waals surface area contributed by atoms with Crippen molar-refractivity contribution < 1.29 is 18.8 Å². The maximum absolute atomic E-state index is 13.6. The first kappa shape index (κ1) is 18.5. The van der Waals surface area contributed by atoms with E-state index >= 15 is 0 Å². The van der Waals surface area contributed by atoms with E-state index < -0.39 is 0 Å². The van der Waals surface area contributed by atoms with Crippen molar-refractivity contribution in [2.45, 2.75) is 45.1 Å². The molecule has 0 radical (unpaired) electrons. The summed E-state index contributed by atoms with van der Waals surface area (Å²) in [6, 6.07) is 7.76. The smallest absolute Gasteiger partial charge is 0.259 e. The molecule has 32 heavy (non-hydrogen) atoms. The summed E-state index contributed by atoms with van der Waals surface area (Å²) in [5, 5.41) is 8.36. The molecular formula is C25H25N3O4. The Morgan fingerprint density at radius 2 is 1.75 bits per heavy atom. The van der Waals surface area contributed by atoms with E-state index in [4.69, 9.17) is 14.0 Å². The van der Waals surface area contributed by atoms with Crippen LogP contribution < -0.4 is 14.8 Å². The van der Waals surface area contributed by atoms with Gasteiger partial charge in [-0.1, -0.05) is 5.16 Å². The van der Waals surface area contributed by atoms with Gasteiger partial charge in [-0.25, -0.2) is 4.98 Å². The van der Waals surface area contributed by atoms with Crippen molar-refractivity contribution in [3.63, 3.8) is 0 Å². The van der Waals surface area contributed by atoms with Gasteiger partial charge in [0.05, 0.1) is 10.9 Å². The Bertz CT molecular complexity index is 1220. The maximum Gasteiger partial charge on any atom is 0.259 e. The highest BCUT2D eigenvalue weighted by Crippen LogP contribution is 2.53. The first-order valence-electron chi connectivity index (χ1n) is 11.6. The van der Waals surface area contributed by atoms with Crippen molar-refractivity contribution in [2.75, 3.05) is 6.79 Å². The van der Waals surface area contributed by atoms with Gasteiger partial charge < -0.3 is 19.3 Å². The molecule has 164 valence electrons. The Morgan fingerprint density at radius 1 is 1.00 bits per heavy atom. The number of benzene rings is 1. The van der Waals surface area contributed by atoms with E-state index in [0.29, 0.717) is 45.7 Å². The summed E-state index contributed by atoms with van der Waals surface area (Å²) >= 11 is 0. The minimum atomic E-state index is -0.0526. The van der Waals surface area contributed by atoms with Crippen LogP contribution in [-0.2, 0) is 0 Å². The molecule has 4 bridgehead atoms. The predicted octanol–water partition coefficient (Wildman–Crippen LogP) is 4.48. The lowest BCUT2D eigenvalue weighted by Crippen LogP contribution is -2.55. The van der Waals surface area contributed by atoms with Gasteiger partial charge in [0.2, 0.25) is 6.79 Å². The monoisotopic (exact) mass is 431 g/mol. The van der Waals surface area contributed by atoms with Crippen LogP contribution in [0, 0.1) is 30.6 Å². The second kappa shape index (κ2) is 6.70. The minimum absolute atomic E-state index is 0.0526. The van der Waals surface area contributed by atoms with Crippen LogP contribution in [0.15, 0.2) is 28.8 Å². The number of hydrogen-bond donors (Lipinski definition) is 1. The number of nitrogens with one attached hydrogen (secondary N) is 1. The van der Waals surface area contributed by atoms with Crippen LogP contribution in [0.25, 0.3) is 22.4 Å². The zero-order valence-corrected chi connectivity index (χ0v) is 18.0. The molecule has 0 atom stereocenters. The van der Waals surface area contributed by atoms with Crippen molar-refractivity contribution in [2.24, 2.45) is 23.7 Å². The molecule has 1 N–H and O–H groups in total. The number of aryl methyl sites for hydroxylation is 1. The van der Waals surface area contributed by atoms with Crippen LogP contribution >= 0.6 is 0 Å². The highest BCUT2D eigenvalue weighted by Gasteiger charge is 2.48. The number of pyridine rings is 1. The molecule has 5 aliphatic rings. The van der Waals surface area contributed by atoms with Gasteiger partial charge in [-0.15, -0.1) is 0 Å². The Kier molecular flexibility index (Phi) is 3.87. The number of ether oxygens (including phenoxy) is 2. The van der Waals surface area contributed by atoms with Crippen LogP contribution in [0.2, 0.25) is 0 Å². The van der Waals surface area contributed by atoms with Gasteiger partial charge in [0.15, 0.2) is 11.5 Å². The molecule has 1 aliphatic heterocycles. The van der Waals surface area contributed by atoms with Gasteiger partial charge in [-0.3, -0.25) is 4.79 Å². The molecule has 1 amide bonds. The summed E-state index contributed by atoms with van der Waals surface area (Å²) in [5.41, 5.74) is 3.10. The van der Waals surface area contributed by atoms with E-state index in [2.05, 4.69) is 15.5 Å². The Morgan fingerprint density at radius 3 is 2.53 bits per heavy atom. The normalized spacial score (nSPS) is 29.6. The number of aromatic nitrogens is 2. The SMILES string of the molecule is Cc1cc(C(=O)NC2C3CC4CC(C3)CC2C4)c2c(-c3ccc4c(c3)OCO4)noc2n1. The van der Waals surface area contributed by atoms with Crippen molar-refractivity contribution in [1.29, 1.82) is 0 Å². The molecule has 7 nitrogen and oxygen atoms in total. The maximum atomic E-state index is 13.6. The van der Waals surface area contributed by atoms with Crippen molar-refractivity contribution in [1.82, 2.24) is 15.5 Å². The Labute approximate surface area is 185 Å². The summed E-state index contributed by atoms with van der Waals surface area (Å²) in [4.78, 5) is 18.1. The third kappa shape index (κ3) is 2.76. The Balaban J connectivity index is 1.27. The fraction of sp³-hybridized carbons (Fsp3) is 0.480. The van der Waals surface area contributed by atoms with E-state index in [1.807, 2.05) is 31.2 Å². The largest absolute Gasteiger partial charge is 0.454 e. The average Bonchev–Trinajstić information content (AvgIpc) is 3.41. The summed E-state index contributed by atoms with van der Waals surface area (Å²) in [5.74, 6) is 4.29. The lowest BCUT2D eigenvalue weighted by atomic mass is 9.54. The number of carbonyl (C=O) groups is 1. The van der Waals surface area contributed by atoms with Gasteiger partial charge in [0.1, 0.15) is 5.69 Å². The van der Waals surface area contributed by atoms with E-state index in [0.717, 1.165) is 23.1 Å². The quantitative estimate of drug-likeness (QED) is 0.658. The molecule has 4 saturated carbocycles. The van der Waals surface area contributed by atoms with Crippen molar-refractivity contribution >= 4 is 17.0 Å². The zero-order valence-electron chi connectivity index (χ0n) is 18.0. The summed E-state index contributed by atoms with van der Waals surface area (Å²) < 4.78 is 16.5. The highest BCUT2D eigenvalue weighted by molar-refractivity contribution is 6.09. The minimum Gasteiger partial charge on any atom is -0.454 e. The van der Waals surface area contributed by atoms with Crippen molar-refractivity contribution in [3.8, 4) is 22.8 Å². The molecule has 3 heterocycles. The number of hydrogen-bond acceptors (Lipinski definition) is 6. The molecule has 7 heteroatoms. The lowest BCUT2D eigenvalue weighted by molar-refractivity contribution is -0.0119. The second-order valence-electron chi connectivity index (χ2n) is 10.0. The van der Waals surface area contributed by atoms with Gasteiger partial charge in [-0.2, -0.15) is 0 Å². The third-order valence-electron chi connectivity index (χ3n) is 7.99. The van der Waals surface area contributed by atoms with Gasteiger partial charge in [-0.05, 0) is 87.0 Å². The number of amides is 1. The predicted molar refractivity (Wildman–Crippen MR) is 116 cm³/mol. The van der Waals surface area contributed by atoms with Crippen LogP contribution in [0.3, 0.4) is 0 Å². The zero-order chi connectivity index (χ0) is 21.4. The van der Waals surface area contributed by atoms with Gasteiger partial charge in [0.25, 0.3) is 11.6 Å².